The van der Waals surface area contributed by atoms with Crippen LogP contribution in [0.25, 0.3) is 0 Å². The maximum atomic E-state index is 12.9. The molecule has 0 spiro atoms. The van der Waals surface area contributed by atoms with E-state index >= 15 is 0 Å². The highest BCUT2D eigenvalue weighted by Crippen LogP contribution is 2.13. The molecule has 0 aromatic heterocycles. The molecule has 0 fully saturated rings. The Labute approximate surface area is 207 Å². The van der Waals surface area contributed by atoms with Crippen molar-refractivity contribution in [3.8, 4) is 0 Å². The van der Waals surface area contributed by atoms with Gasteiger partial charge in [-0.15, -0.1) is 0 Å². The van der Waals surface area contributed by atoms with Gasteiger partial charge in [0.15, 0.2) is 0 Å². The molecule has 0 heterocycles. The molecule has 0 N–H and O–H groups in total. The van der Waals surface area contributed by atoms with Crippen LogP contribution < -0.4 is 0 Å². The highest BCUT2D eigenvalue weighted by Gasteiger charge is 2.09. The van der Waals surface area contributed by atoms with Crippen molar-refractivity contribution in [2.75, 3.05) is 13.2 Å². The molecular formula is C29H47FO4. The summed E-state index contributed by atoms with van der Waals surface area (Å²) in [5.41, 5.74) is 0.900. The van der Waals surface area contributed by atoms with Gasteiger partial charge in [-0.05, 0) is 24.1 Å². The summed E-state index contributed by atoms with van der Waals surface area (Å²) in [6.07, 6.45) is 20.1. The van der Waals surface area contributed by atoms with Crippen molar-refractivity contribution < 1.29 is 23.5 Å². The lowest BCUT2D eigenvalue weighted by Crippen LogP contribution is -2.12. The molecule has 0 saturated heterocycles. The van der Waals surface area contributed by atoms with Crippen LogP contribution >= 0.6 is 0 Å². The molecule has 0 aliphatic heterocycles. The van der Waals surface area contributed by atoms with E-state index in [0.29, 0.717) is 13.0 Å². The molecule has 4 nitrogen and oxygen atoms in total. The predicted molar refractivity (Wildman–Crippen MR) is 136 cm³/mol. The van der Waals surface area contributed by atoms with Gasteiger partial charge >= 0.3 is 11.9 Å². The molecule has 0 bridgehead atoms. The van der Waals surface area contributed by atoms with E-state index in [1.165, 1.54) is 95.6 Å². The molecular weight excluding hydrogens is 431 g/mol. The first kappa shape index (κ1) is 30.1. The number of unbranched alkanes of at least 4 members (excludes halogenated alkanes) is 14. The summed E-state index contributed by atoms with van der Waals surface area (Å²) in [6, 6.07) is 6.09. The Kier molecular flexibility index (Phi) is 19.1. The van der Waals surface area contributed by atoms with Crippen LogP contribution in [0.1, 0.15) is 122 Å². The lowest BCUT2D eigenvalue weighted by atomic mass is 10.0. The van der Waals surface area contributed by atoms with E-state index in [0.717, 1.165) is 18.4 Å². The van der Waals surface area contributed by atoms with E-state index in [9.17, 15) is 14.0 Å². The van der Waals surface area contributed by atoms with Gasteiger partial charge in [-0.1, -0.05) is 109 Å². The number of carbonyl (C=O) groups is 2. The molecule has 34 heavy (non-hydrogen) atoms. The lowest BCUT2D eigenvalue weighted by molar-refractivity contribution is -0.150. The van der Waals surface area contributed by atoms with E-state index in [2.05, 4.69) is 6.92 Å². The van der Waals surface area contributed by atoms with Crippen molar-refractivity contribution >= 4 is 11.9 Å². The summed E-state index contributed by atoms with van der Waals surface area (Å²) in [7, 11) is 0. The van der Waals surface area contributed by atoms with Crippen LogP contribution in [-0.4, -0.2) is 25.2 Å². The van der Waals surface area contributed by atoms with Crippen LogP contribution in [0.3, 0.4) is 0 Å². The smallest absolute Gasteiger partial charge is 0.306 e. The number of hydrogen-bond donors (Lipinski definition) is 0. The summed E-state index contributed by atoms with van der Waals surface area (Å²) in [6.45, 7) is 2.91. The number of hydrogen-bond acceptors (Lipinski definition) is 4. The van der Waals surface area contributed by atoms with Gasteiger partial charge in [0.2, 0.25) is 0 Å². The number of esters is 2. The zero-order valence-electron chi connectivity index (χ0n) is 21.5. The minimum atomic E-state index is -0.411. The summed E-state index contributed by atoms with van der Waals surface area (Å²) in [5, 5.41) is 0. The van der Waals surface area contributed by atoms with Crippen molar-refractivity contribution in [3.63, 3.8) is 0 Å². The van der Waals surface area contributed by atoms with Crippen LogP contribution in [0, 0.1) is 5.82 Å². The van der Waals surface area contributed by atoms with Gasteiger partial charge in [0.1, 0.15) is 5.82 Å². The minimum Gasteiger partial charge on any atom is -0.466 e. The third kappa shape index (κ3) is 18.5. The first-order chi connectivity index (χ1) is 16.6. The third-order valence-electron chi connectivity index (χ3n) is 6.11. The van der Waals surface area contributed by atoms with Crippen LogP contribution in [0.4, 0.5) is 4.39 Å². The molecule has 0 atom stereocenters. The molecule has 0 radical (unpaired) electrons. The van der Waals surface area contributed by atoms with Crippen LogP contribution in [0.5, 0.6) is 0 Å². The highest BCUT2D eigenvalue weighted by atomic mass is 19.1. The Hall–Kier alpha value is -1.91. The molecule has 0 aliphatic rings. The third-order valence-corrected chi connectivity index (χ3v) is 6.11. The SMILES string of the molecule is CCCCCCCCCCCCCCCCCOC(=O)CCC(=O)OCCc1ccc(F)cc1. The second-order valence-corrected chi connectivity index (χ2v) is 9.27. The number of carbonyl (C=O) groups excluding carboxylic acids is 2. The Bertz CT molecular complexity index is 630. The zero-order valence-corrected chi connectivity index (χ0v) is 21.5. The predicted octanol–water partition coefficient (Wildman–Crippen LogP) is 8.11. The normalized spacial score (nSPS) is 10.9. The molecule has 1 aromatic carbocycles. The first-order valence-corrected chi connectivity index (χ1v) is 13.7. The van der Waals surface area contributed by atoms with Crippen molar-refractivity contribution in [1.82, 2.24) is 0 Å². The Morgan fingerprint density at radius 1 is 0.618 bits per heavy atom. The number of benzene rings is 1. The van der Waals surface area contributed by atoms with Crippen molar-refractivity contribution in [1.29, 1.82) is 0 Å². The fourth-order valence-electron chi connectivity index (χ4n) is 3.94. The molecule has 0 unspecified atom stereocenters. The second kappa shape index (κ2) is 21.6. The molecule has 194 valence electrons. The molecule has 0 aliphatic carbocycles. The molecule has 0 amide bonds. The van der Waals surface area contributed by atoms with Crippen molar-refractivity contribution in [2.24, 2.45) is 0 Å². The highest BCUT2D eigenvalue weighted by molar-refractivity contribution is 5.77. The molecule has 5 heteroatoms. The number of halogens is 1. The Morgan fingerprint density at radius 2 is 1.03 bits per heavy atom. The van der Waals surface area contributed by atoms with Crippen LogP contribution in [0.2, 0.25) is 0 Å². The summed E-state index contributed by atoms with van der Waals surface area (Å²) in [5.74, 6) is -1.05. The van der Waals surface area contributed by atoms with Crippen molar-refractivity contribution in [2.45, 2.75) is 122 Å². The fraction of sp³-hybridized carbons (Fsp3) is 0.724. The number of rotatable bonds is 22. The van der Waals surface area contributed by atoms with Gasteiger partial charge in [0, 0.05) is 6.42 Å². The monoisotopic (exact) mass is 478 g/mol. The molecule has 0 saturated carbocycles. The van der Waals surface area contributed by atoms with E-state index in [4.69, 9.17) is 9.47 Å². The standard InChI is InChI=1S/C29H47FO4/c1-2-3-4-5-6-7-8-9-10-11-12-13-14-15-16-24-33-28(31)21-22-29(32)34-25-23-26-17-19-27(30)20-18-26/h17-20H,2-16,21-25H2,1H3. The molecule has 1 rings (SSSR count). The maximum absolute atomic E-state index is 12.9. The fourth-order valence-corrected chi connectivity index (χ4v) is 3.94. The average Bonchev–Trinajstić information content (AvgIpc) is 2.83. The maximum Gasteiger partial charge on any atom is 0.306 e. The largest absolute Gasteiger partial charge is 0.466 e. The van der Waals surface area contributed by atoms with Crippen LogP contribution in [0.15, 0.2) is 24.3 Å². The van der Waals surface area contributed by atoms with Gasteiger partial charge < -0.3 is 9.47 Å². The topological polar surface area (TPSA) is 52.6 Å². The summed E-state index contributed by atoms with van der Waals surface area (Å²) < 4.78 is 23.2. The first-order valence-electron chi connectivity index (χ1n) is 13.7. The van der Waals surface area contributed by atoms with E-state index < -0.39 is 5.97 Å². The number of ether oxygens (including phenoxy) is 2. The zero-order chi connectivity index (χ0) is 24.7. The van der Waals surface area contributed by atoms with Gasteiger partial charge in [-0.2, -0.15) is 0 Å². The average molecular weight is 479 g/mol. The van der Waals surface area contributed by atoms with E-state index in [1.807, 2.05) is 0 Å². The minimum absolute atomic E-state index is 0.0289. The molecule has 1 aromatic rings. The Morgan fingerprint density at radius 3 is 1.50 bits per heavy atom. The summed E-state index contributed by atoms with van der Waals surface area (Å²) >= 11 is 0. The van der Waals surface area contributed by atoms with Gasteiger partial charge in [-0.25, -0.2) is 4.39 Å². The van der Waals surface area contributed by atoms with Gasteiger partial charge in [0.05, 0.1) is 26.1 Å². The van der Waals surface area contributed by atoms with E-state index in [1.54, 1.807) is 12.1 Å². The quantitative estimate of drug-likeness (QED) is 0.125. The van der Waals surface area contributed by atoms with Gasteiger partial charge in [-0.3, -0.25) is 9.59 Å². The van der Waals surface area contributed by atoms with E-state index in [-0.39, 0.29) is 31.2 Å². The Balaban J connectivity index is 1.82. The summed E-state index contributed by atoms with van der Waals surface area (Å²) in [4.78, 5) is 23.5. The van der Waals surface area contributed by atoms with Crippen molar-refractivity contribution in [3.05, 3.63) is 35.6 Å². The van der Waals surface area contributed by atoms with Crippen LogP contribution in [-0.2, 0) is 25.5 Å². The van der Waals surface area contributed by atoms with Gasteiger partial charge in [0.25, 0.3) is 0 Å². The second-order valence-electron chi connectivity index (χ2n) is 9.27. The lowest BCUT2D eigenvalue weighted by Gasteiger charge is -2.06.